The molecular formula is C18H29N3O5S. The Kier molecular flexibility index (Phi) is 7.46. The standard InChI is InChI=1S/C18H29N3O5S/c1-13(19)14-5-4-10-21(12-14)18(22)8-9-20-27(23,24)15-6-7-16(25-2)17(11-15)26-3/h6-7,11,13-14,20H,4-5,8-10,12,19H2,1-3H3. The van der Waals surface area contributed by atoms with Gasteiger partial charge in [-0.2, -0.15) is 0 Å². The average molecular weight is 400 g/mol. The summed E-state index contributed by atoms with van der Waals surface area (Å²) in [6.07, 6.45) is 2.06. The molecule has 1 aromatic carbocycles. The van der Waals surface area contributed by atoms with E-state index in [0.717, 1.165) is 12.8 Å². The summed E-state index contributed by atoms with van der Waals surface area (Å²) in [6, 6.07) is 4.40. The molecule has 2 atom stereocenters. The summed E-state index contributed by atoms with van der Waals surface area (Å²) in [5.41, 5.74) is 5.95. The van der Waals surface area contributed by atoms with E-state index in [9.17, 15) is 13.2 Å². The van der Waals surface area contributed by atoms with Gasteiger partial charge in [0, 0.05) is 38.2 Å². The molecule has 1 heterocycles. The molecule has 0 aromatic heterocycles. The van der Waals surface area contributed by atoms with Crippen molar-refractivity contribution in [2.24, 2.45) is 11.7 Å². The highest BCUT2D eigenvalue weighted by atomic mass is 32.2. The van der Waals surface area contributed by atoms with E-state index in [4.69, 9.17) is 15.2 Å². The second-order valence-corrected chi connectivity index (χ2v) is 8.53. The van der Waals surface area contributed by atoms with Gasteiger partial charge in [-0.3, -0.25) is 4.79 Å². The van der Waals surface area contributed by atoms with Gasteiger partial charge in [0.25, 0.3) is 0 Å². The topological polar surface area (TPSA) is 111 Å². The number of nitrogens with two attached hydrogens (primary N) is 1. The van der Waals surface area contributed by atoms with Crippen molar-refractivity contribution < 1.29 is 22.7 Å². The first-order valence-electron chi connectivity index (χ1n) is 9.03. The van der Waals surface area contributed by atoms with Crippen molar-refractivity contribution >= 4 is 15.9 Å². The minimum Gasteiger partial charge on any atom is -0.493 e. The molecule has 3 N–H and O–H groups in total. The van der Waals surface area contributed by atoms with Gasteiger partial charge in [-0.25, -0.2) is 13.1 Å². The molecule has 1 saturated heterocycles. The molecule has 152 valence electrons. The fourth-order valence-electron chi connectivity index (χ4n) is 3.18. The van der Waals surface area contributed by atoms with Crippen LogP contribution in [0.25, 0.3) is 0 Å². The van der Waals surface area contributed by atoms with Crippen molar-refractivity contribution in [3.05, 3.63) is 18.2 Å². The molecule has 1 aliphatic rings. The van der Waals surface area contributed by atoms with Crippen molar-refractivity contribution in [3.8, 4) is 11.5 Å². The third-order valence-corrected chi connectivity index (χ3v) is 6.31. The fraction of sp³-hybridized carbons (Fsp3) is 0.611. The van der Waals surface area contributed by atoms with Crippen LogP contribution in [0, 0.1) is 5.92 Å². The van der Waals surface area contributed by atoms with E-state index in [0.29, 0.717) is 30.5 Å². The van der Waals surface area contributed by atoms with Gasteiger partial charge >= 0.3 is 0 Å². The van der Waals surface area contributed by atoms with E-state index >= 15 is 0 Å². The van der Waals surface area contributed by atoms with E-state index in [1.54, 1.807) is 4.90 Å². The molecule has 9 heteroatoms. The summed E-state index contributed by atoms with van der Waals surface area (Å²) < 4.78 is 37.6. The molecule has 27 heavy (non-hydrogen) atoms. The summed E-state index contributed by atoms with van der Waals surface area (Å²) in [4.78, 5) is 14.2. The second-order valence-electron chi connectivity index (χ2n) is 6.77. The van der Waals surface area contributed by atoms with Gasteiger partial charge in [0.05, 0.1) is 19.1 Å². The quantitative estimate of drug-likeness (QED) is 0.674. The normalized spacial score (nSPS) is 18.8. The zero-order valence-corrected chi connectivity index (χ0v) is 16.9. The Balaban J connectivity index is 1.93. The Hall–Kier alpha value is -1.84. The lowest BCUT2D eigenvalue weighted by Crippen LogP contribution is -2.45. The number of nitrogens with zero attached hydrogens (tertiary/aromatic N) is 1. The number of hydrogen-bond acceptors (Lipinski definition) is 6. The largest absolute Gasteiger partial charge is 0.493 e. The SMILES string of the molecule is COc1ccc(S(=O)(=O)NCCC(=O)N2CCCC(C(C)N)C2)cc1OC. The molecule has 0 saturated carbocycles. The third kappa shape index (κ3) is 5.57. The highest BCUT2D eigenvalue weighted by molar-refractivity contribution is 7.89. The van der Waals surface area contributed by atoms with E-state index in [2.05, 4.69) is 4.72 Å². The first-order valence-corrected chi connectivity index (χ1v) is 10.5. The van der Waals surface area contributed by atoms with Gasteiger partial charge in [0.1, 0.15) is 0 Å². The lowest BCUT2D eigenvalue weighted by Gasteiger charge is -2.34. The Morgan fingerprint density at radius 3 is 2.67 bits per heavy atom. The van der Waals surface area contributed by atoms with Gasteiger partial charge in [0.2, 0.25) is 15.9 Å². The van der Waals surface area contributed by atoms with Crippen LogP contribution in [0.3, 0.4) is 0 Å². The van der Waals surface area contributed by atoms with Crippen LogP contribution in [0.1, 0.15) is 26.2 Å². The molecule has 1 fully saturated rings. The minimum absolute atomic E-state index is 0.0366. The number of likely N-dealkylation sites (tertiary alicyclic amines) is 1. The van der Waals surface area contributed by atoms with Crippen LogP contribution in [-0.4, -0.2) is 59.1 Å². The molecule has 1 aromatic rings. The van der Waals surface area contributed by atoms with Gasteiger partial charge in [-0.1, -0.05) is 0 Å². The molecule has 1 amide bonds. The maximum atomic E-state index is 12.5. The molecule has 2 rings (SSSR count). The van der Waals surface area contributed by atoms with E-state index < -0.39 is 10.0 Å². The van der Waals surface area contributed by atoms with E-state index in [-0.39, 0.29) is 29.8 Å². The maximum absolute atomic E-state index is 12.5. The zero-order valence-electron chi connectivity index (χ0n) is 16.1. The number of hydrogen-bond donors (Lipinski definition) is 2. The summed E-state index contributed by atoms with van der Waals surface area (Å²) in [5.74, 6) is 1.01. The number of carbonyl (C=O) groups is 1. The predicted molar refractivity (Wildman–Crippen MR) is 102 cm³/mol. The minimum atomic E-state index is -3.74. The summed E-state index contributed by atoms with van der Waals surface area (Å²) in [7, 11) is -0.827. The van der Waals surface area contributed by atoms with Crippen LogP contribution in [-0.2, 0) is 14.8 Å². The predicted octanol–water partition coefficient (Wildman–Crippen LogP) is 0.958. The van der Waals surface area contributed by atoms with Crippen LogP contribution in [0.4, 0.5) is 0 Å². The van der Waals surface area contributed by atoms with Crippen molar-refractivity contribution in [2.75, 3.05) is 33.9 Å². The third-order valence-electron chi connectivity index (χ3n) is 4.85. The maximum Gasteiger partial charge on any atom is 0.240 e. The van der Waals surface area contributed by atoms with Crippen LogP contribution in [0.2, 0.25) is 0 Å². The van der Waals surface area contributed by atoms with Crippen molar-refractivity contribution in [1.82, 2.24) is 9.62 Å². The Morgan fingerprint density at radius 2 is 2.04 bits per heavy atom. The monoisotopic (exact) mass is 399 g/mol. The number of benzene rings is 1. The number of rotatable bonds is 8. The zero-order chi connectivity index (χ0) is 20.0. The van der Waals surface area contributed by atoms with Gasteiger partial charge in [0.15, 0.2) is 11.5 Å². The molecule has 8 nitrogen and oxygen atoms in total. The number of sulfonamides is 1. The number of methoxy groups -OCH3 is 2. The number of nitrogens with one attached hydrogen (secondary N) is 1. The van der Waals surface area contributed by atoms with Crippen LogP contribution in [0.15, 0.2) is 23.1 Å². The highest BCUT2D eigenvalue weighted by Crippen LogP contribution is 2.29. The number of ether oxygens (including phenoxy) is 2. The lowest BCUT2D eigenvalue weighted by atomic mass is 9.92. The van der Waals surface area contributed by atoms with Crippen molar-refractivity contribution in [1.29, 1.82) is 0 Å². The van der Waals surface area contributed by atoms with Crippen LogP contribution >= 0.6 is 0 Å². The first kappa shape index (κ1) is 21.5. The summed E-state index contributed by atoms with van der Waals surface area (Å²) >= 11 is 0. The molecule has 1 aliphatic heterocycles. The van der Waals surface area contributed by atoms with Gasteiger partial charge in [-0.15, -0.1) is 0 Å². The molecule has 0 radical (unpaired) electrons. The Bertz CT molecular complexity index is 751. The first-order chi connectivity index (χ1) is 12.8. The molecule has 2 unspecified atom stereocenters. The summed E-state index contributed by atoms with van der Waals surface area (Å²) in [6.45, 7) is 3.33. The van der Waals surface area contributed by atoms with Gasteiger partial charge < -0.3 is 20.1 Å². The van der Waals surface area contributed by atoms with Crippen LogP contribution < -0.4 is 19.9 Å². The smallest absolute Gasteiger partial charge is 0.240 e. The second kappa shape index (κ2) is 9.38. The highest BCUT2D eigenvalue weighted by Gasteiger charge is 2.26. The lowest BCUT2D eigenvalue weighted by molar-refractivity contribution is -0.132. The Morgan fingerprint density at radius 1 is 1.33 bits per heavy atom. The molecule has 0 bridgehead atoms. The molecular weight excluding hydrogens is 370 g/mol. The Labute approximate surface area is 161 Å². The number of piperidine rings is 1. The van der Waals surface area contributed by atoms with Gasteiger partial charge in [-0.05, 0) is 37.8 Å². The fourth-order valence-corrected chi connectivity index (χ4v) is 4.23. The van der Waals surface area contributed by atoms with Crippen molar-refractivity contribution in [2.45, 2.75) is 37.1 Å². The van der Waals surface area contributed by atoms with Crippen molar-refractivity contribution in [3.63, 3.8) is 0 Å². The number of amides is 1. The summed E-state index contributed by atoms with van der Waals surface area (Å²) in [5, 5.41) is 0. The average Bonchev–Trinajstić information content (AvgIpc) is 2.67. The number of carbonyl (C=O) groups excluding carboxylic acids is 1. The van der Waals surface area contributed by atoms with Crippen LogP contribution in [0.5, 0.6) is 11.5 Å². The van der Waals surface area contributed by atoms with E-state index in [1.165, 1.54) is 32.4 Å². The molecule has 0 spiro atoms. The van der Waals surface area contributed by atoms with E-state index in [1.807, 2.05) is 6.92 Å². The molecule has 0 aliphatic carbocycles.